The lowest BCUT2D eigenvalue weighted by Gasteiger charge is -2.15. The molecule has 1 aliphatic carbocycles. The van der Waals surface area contributed by atoms with Crippen molar-refractivity contribution in [2.75, 3.05) is 7.05 Å². The van der Waals surface area contributed by atoms with Crippen molar-refractivity contribution in [3.05, 3.63) is 53.3 Å². The lowest BCUT2D eigenvalue weighted by molar-refractivity contribution is 0.0972. The van der Waals surface area contributed by atoms with Crippen LogP contribution in [0.5, 0.6) is 0 Å². The molecule has 0 aliphatic heterocycles. The zero-order valence-electron chi connectivity index (χ0n) is 11.1. The highest BCUT2D eigenvalue weighted by Crippen LogP contribution is 2.25. The number of nitrogens with one attached hydrogen (secondary N) is 1. The summed E-state index contributed by atoms with van der Waals surface area (Å²) in [6, 6.07) is 10.4. The van der Waals surface area contributed by atoms with E-state index in [1.54, 1.807) is 0 Å². The number of hydrogen-bond donors (Lipinski definition) is 1. The first-order valence-corrected chi connectivity index (χ1v) is 6.77. The van der Waals surface area contributed by atoms with E-state index in [4.69, 9.17) is 0 Å². The molecule has 1 N–H and O–H groups in total. The Kier molecular flexibility index (Phi) is 3.22. The van der Waals surface area contributed by atoms with Gasteiger partial charge in [0.1, 0.15) is 0 Å². The van der Waals surface area contributed by atoms with Gasteiger partial charge < -0.3 is 9.88 Å². The third-order valence-electron chi connectivity index (χ3n) is 3.68. The SMILES string of the molecule is CNCc1cccc(-n2ccc3c2CCCC3=O)c1. The number of aromatic nitrogens is 1. The van der Waals surface area contributed by atoms with Crippen LogP contribution >= 0.6 is 0 Å². The molecule has 0 spiro atoms. The molecule has 1 aliphatic rings. The Hall–Kier alpha value is -1.87. The van der Waals surface area contributed by atoms with Crippen molar-refractivity contribution in [3.8, 4) is 5.69 Å². The monoisotopic (exact) mass is 254 g/mol. The Bertz CT molecular complexity index is 613. The summed E-state index contributed by atoms with van der Waals surface area (Å²) in [7, 11) is 1.95. The second-order valence-electron chi connectivity index (χ2n) is 5.02. The van der Waals surface area contributed by atoms with Crippen molar-refractivity contribution in [1.29, 1.82) is 0 Å². The molecule has 0 fully saturated rings. The van der Waals surface area contributed by atoms with Gasteiger partial charge in [-0.15, -0.1) is 0 Å². The normalized spacial score (nSPS) is 14.5. The first-order chi connectivity index (χ1) is 9.29. The van der Waals surface area contributed by atoms with Crippen LogP contribution in [-0.2, 0) is 13.0 Å². The van der Waals surface area contributed by atoms with Gasteiger partial charge in [-0.3, -0.25) is 4.79 Å². The lowest BCUT2D eigenvalue weighted by Crippen LogP contribution is -2.12. The van der Waals surface area contributed by atoms with Crippen LogP contribution in [-0.4, -0.2) is 17.4 Å². The van der Waals surface area contributed by atoms with Crippen LogP contribution in [0.2, 0.25) is 0 Å². The van der Waals surface area contributed by atoms with Crippen molar-refractivity contribution in [1.82, 2.24) is 9.88 Å². The molecule has 0 bridgehead atoms. The molecule has 0 atom stereocenters. The Balaban J connectivity index is 2.03. The average molecular weight is 254 g/mol. The van der Waals surface area contributed by atoms with Crippen molar-refractivity contribution in [2.24, 2.45) is 0 Å². The van der Waals surface area contributed by atoms with Crippen molar-refractivity contribution in [2.45, 2.75) is 25.8 Å². The van der Waals surface area contributed by atoms with Crippen LogP contribution < -0.4 is 5.32 Å². The fourth-order valence-electron chi connectivity index (χ4n) is 2.79. The van der Waals surface area contributed by atoms with Gasteiger partial charge in [-0.25, -0.2) is 0 Å². The number of carbonyl (C=O) groups excluding carboxylic acids is 1. The molecule has 1 aromatic carbocycles. The Morgan fingerprint density at radius 2 is 2.16 bits per heavy atom. The van der Waals surface area contributed by atoms with Crippen LogP contribution in [0.1, 0.15) is 34.5 Å². The minimum Gasteiger partial charge on any atom is -0.320 e. The third kappa shape index (κ3) is 2.22. The summed E-state index contributed by atoms with van der Waals surface area (Å²) in [5, 5.41) is 3.16. The first-order valence-electron chi connectivity index (χ1n) is 6.77. The molecule has 0 amide bonds. The molecule has 3 nitrogen and oxygen atoms in total. The maximum atomic E-state index is 11.9. The Morgan fingerprint density at radius 3 is 3.00 bits per heavy atom. The number of rotatable bonds is 3. The van der Waals surface area contributed by atoms with E-state index in [-0.39, 0.29) is 5.78 Å². The second kappa shape index (κ2) is 5.02. The molecular weight excluding hydrogens is 236 g/mol. The Labute approximate surface area is 113 Å². The minimum absolute atomic E-state index is 0.284. The zero-order valence-corrected chi connectivity index (χ0v) is 11.1. The highest BCUT2D eigenvalue weighted by molar-refractivity contribution is 5.98. The van der Waals surface area contributed by atoms with Crippen molar-refractivity contribution < 1.29 is 4.79 Å². The predicted octanol–water partition coefficient (Wildman–Crippen LogP) is 2.72. The van der Waals surface area contributed by atoms with E-state index in [2.05, 4.69) is 34.1 Å². The summed E-state index contributed by atoms with van der Waals surface area (Å²) in [6.45, 7) is 0.857. The summed E-state index contributed by atoms with van der Waals surface area (Å²) in [5.41, 5.74) is 4.47. The maximum absolute atomic E-state index is 11.9. The molecule has 0 radical (unpaired) electrons. The minimum atomic E-state index is 0.284. The summed E-state index contributed by atoms with van der Waals surface area (Å²) in [5.74, 6) is 0.284. The highest BCUT2D eigenvalue weighted by Gasteiger charge is 2.20. The van der Waals surface area contributed by atoms with E-state index >= 15 is 0 Å². The quantitative estimate of drug-likeness (QED) is 0.913. The van der Waals surface area contributed by atoms with Crippen LogP contribution in [0.4, 0.5) is 0 Å². The van der Waals surface area contributed by atoms with Crippen LogP contribution in [0.25, 0.3) is 5.69 Å². The second-order valence-corrected chi connectivity index (χ2v) is 5.02. The fraction of sp³-hybridized carbons (Fsp3) is 0.312. The van der Waals surface area contributed by atoms with Crippen LogP contribution in [0.3, 0.4) is 0 Å². The van der Waals surface area contributed by atoms with Gasteiger partial charge in [-0.05, 0) is 43.7 Å². The van der Waals surface area contributed by atoms with Gasteiger partial charge in [0.2, 0.25) is 0 Å². The maximum Gasteiger partial charge on any atom is 0.164 e. The van der Waals surface area contributed by atoms with Gasteiger partial charge in [-0.1, -0.05) is 12.1 Å². The summed E-state index contributed by atoms with van der Waals surface area (Å²) in [4.78, 5) is 11.9. The van der Waals surface area contributed by atoms with E-state index in [1.165, 1.54) is 5.56 Å². The van der Waals surface area contributed by atoms with Gasteiger partial charge in [0.05, 0.1) is 0 Å². The number of benzene rings is 1. The van der Waals surface area contributed by atoms with Gasteiger partial charge in [0, 0.05) is 36.1 Å². The van der Waals surface area contributed by atoms with Crippen molar-refractivity contribution in [3.63, 3.8) is 0 Å². The molecule has 1 heterocycles. The molecule has 0 saturated heterocycles. The standard InChI is InChI=1S/C16H18N2O/c1-17-11-12-4-2-5-13(10-12)18-9-8-14-15(18)6-3-7-16(14)19/h2,4-5,8-10,17H,3,6-7,11H2,1H3. The van der Waals surface area contributed by atoms with Gasteiger partial charge in [-0.2, -0.15) is 0 Å². The largest absolute Gasteiger partial charge is 0.320 e. The molecule has 98 valence electrons. The van der Waals surface area contributed by atoms with Gasteiger partial charge >= 0.3 is 0 Å². The van der Waals surface area contributed by atoms with E-state index in [9.17, 15) is 4.79 Å². The molecule has 3 heteroatoms. The molecule has 0 saturated carbocycles. The van der Waals surface area contributed by atoms with Crippen molar-refractivity contribution >= 4 is 5.78 Å². The Morgan fingerprint density at radius 1 is 1.26 bits per heavy atom. The number of hydrogen-bond acceptors (Lipinski definition) is 2. The lowest BCUT2D eigenvalue weighted by atomic mass is 9.96. The number of carbonyl (C=O) groups is 1. The molecule has 1 aromatic heterocycles. The summed E-state index contributed by atoms with van der Waals surface area (Å²) in [6.07, 6.45) is 4.67. The number of ketones is 1. The zero-order chi connectivity index (χ0) is 13.2. The topological polar surface area (TPSA) is 34.0 Å². The first kappa shape index (κ1) is 12.2. The summed E-state index contributed by atoms with van der Waals surface area (Å²) >= 11 is 0. The molecule has 3 rings (SSSR count). The van der Waals surface area contributed by atoms with Crippen LogP contribution in [0.15, 0.2) is 36.5 Å². The molecule has 19 heavy (non-hydrogen) atoms. The van der Waals surface area contributed by atoms with E-state index in [1.807, 2.05) is 19.3 Å². The highest BCUT2D eigenvalue weighted by atomic mass is 16.1. The number of nitrogens with zero attached hydrogens (tertiary/aromatic N) is 1. The molecular formula is C16H18N2O. The van der Waals surface area contributed by atoms with E-state index < -0.39 is 0 Å². The van der Waals surface area contributed by atoms with Crippen LogP contribution in [0, 0.1) is 0 Å². The van der Waals surface area contributed by atoms with Gasteiger partial charge in [0.25, 0.3) is 0 Å². The van der Waals surface area contributed by atoms with E-state index in [0.29, 0.717) is 6.42 Å². The molecule has 2 aromatic rings. The van der Waals surface area contributed by atoms with E-state index in [0.717, 1.165) is 36.3 Å². The average Bonchev–Trinajstić information content (AvgIpc) is 2.85. The number of fused-ring (bicyclic) bond motifs is 1. The molecule has 0 unspecified atom stereocenters. The smallest absolute Gasteiger partial charge is 0.164 e. The predicted molar refractivity (Wildman–Crippen MR) is 75.8 cm³/mol. The number of Topliss-reactive ketones (excluding diaryl/α,β-unsaturated/α-hetero) is 1. The summed E-state index contributed by atoms with van der Waals surface area (Å²) < 4.78 is 2.16. The fourth-order valence-corrected chi connectivity index (χ4v) is 2.79. The van der Waals surface area contributed by atoms with Gasteiger partial charge in [0.15, 0.2) is 5.78 Å². The third-order valence-corrected chi connectivity index (χ3v) is 3.68.